The zero-order valence-corrected chi connectivity index (χ0v) is 16.5. The number of thiocarbonyl (C=S) groups is 1. The van der Waals surface area contributed by atoms with Gasteiger partial charge in [-0.3, -0.25) is 0 Å². The lowest BCUT2D eigenvalue weighted by Gasteiger charge is -2.12. The number of fused-ring (bicyclic) bond motifs is 1. The van der Waals surface area contributed by atoms with Crippen molar-refractivity contribution >= 4 is 45.5 Å². The number of anilines is 2. The highest BCUT2D eigenvalue weighted by atomic mass is 32.1. The van der Waals surface area contributed by atoms with Crippen LogP contribution in [0.25, 0.3) is 0 Å². The van der Waals surface area contributed by atoms with Gasteiger partial charge in [0.2, 0.25) is 0 Å². The van der Waals surface area contributed by atoms with Crippen LogP contribution in [0.15, 0.2) is 24.4 Å². The number of hydrogen-bond acceptors (Lipinski definition) is 5. The molecule has 0 aliphatic heterocycles. The van der Waals surface area contributed by atoms with Crippen LogP contribution < -0.4 is 10.6 Å². The van der Waals surface area contributed by atoms with E-state index in [0.29, 0.717) is 23.1 Å². The van der Waals surface area contributed by atoms with Gasteiger partial charge in [-0.2, -0.15) is 0 Å². The normalized spacial score (nSPS) is 13.9. The van der Waals surface area contributed by atoms with Crippen molar-refractivity contribution in [2.75, 3.05) is 17.2 Å². The van der Waals surface area contributed by atoms with Crippen LogP contribution in [0.2, 0.25) is 0 Å². The van der Waals surface area contributed by atoms with Crippen LogP contribution in [0.4, 0.5) is 10.8 Å². The van der Waals surface area contributed by atoms with E-state index in [9.17, 15) is 4.79 Å². The molecule has 0 bridgehead atoms. The number of pyridine rings is 1. The Morgan fingerprint density at radius 1 is 1.23 bits per heavy atom. The van der Waals surface area contributed by atoms with Gasteiger partial charge in [0.15, 0.2) is 5.11 Å². The van der Waals surface area contributed by atoms with E-state index in [4.69, 9.17) is 17.0 Å². The average Bonchev–Trinajstić information content (AvgIpc) is 2.92. The number of nitrogens with one attached hydrogen (secondary N) is 2. The Labute approximate surface area is 163 Å². The standard InChI is InChI=1S/C19H23N3O2S2/c1-2-24-18(23)16-13-9-5-3-4-6-10-14(13)26-17(16)22-19(25)21-15-11-7-8-12-20-15/h7-8,11-12H,2-6,9-10H2,1H3,(H2,20,21,22,25). The van der Waals surface area contributed by atoms with Gasteiger partial charge < -0.3 is 15.4 Å². The molecule has 0 amide bonds. The summed E-state index contributed by atoms with van der Waals surface area (Å²) in [4.78, 5) is 18.1. The van der Waals surface area contributed by atoms with Crippen molar-refractivity contribution < 1.29 is 9.53 Å². The monoisotopic (exact) mass is 389 g/mol. The number of aromatic nitrogens is 1. The molecule has 3 rings (SSSR count). The van der Waals surface area contributed by atoms with Crippen LogP contribution in [-0.4, -0.2) is 22.7 Å². The van der Waals surface area contributed by atoms with E-state index < -0.39 is 0 Å². The van der Waals surface area contributed by atoms with E-state index in [1.54, 1.807) is 17.5 Å². The number of carbonyl (C=O) groups excluding carboxylic acids is 1. The van der Waals surface area contributed by atoms with Gasteiger partial charge in [0.25, 0.3) is 0 Å². The van der Waals surface area contributed by atoms with Crippen molar-refractivity contribution in [1.29, 1.82) is 0 Å². The highest BCUT2D eigenvalue weighted by Crippen LogP contribution is 2.37. The molecule has 138 valence electrons. The third-order valence-corrected chi connectivity index (χ3v) is 5.70. The molecule has 1 aliphatic rings. The van der Waals surface area contributed by atoms with Crippen LogP contribution in [0.3, 0.4) is 0 Å². The maximum Gasteiger partial charge on any atom is 0.341 e. The van der Waals surface area contributed by atoms with E-state index in [-0.39, 0.29) is 5.97 Å². The summed E-state index contributed by atoms with van der Waals surface area (Å²) >= 11 is 7.03. The summed E-state index contributed by atoms with van der Waals surface area (Å²) in [6, 6.07) is 5.58. The maximum absolute atomic E-state index is 12.6. The van der Waals surface area contributed by atoms with Gasteiger partial charge in [0.1, 0.15) is 10.8 Å². The van der Waals surface area contributed by atoms with Crippen molar-refractivity contribution in [3.8, 4) is 0 Å². The number of ether oxygens (including phenoxy) is 1. The first kappa shape index (κ1) is 18.8. The summed E-state index contributed by atoms with van der Waals surface area (Å²) in [6.45, 7) is 2.19. The first-order valence-corrected chi connectivity index (χ1v) is 10.2. The van der Waals surface area contributed by atoms with Gasteiger partial charge in [-0.1, -0.05) is 18.9 Å². The number of nitrogens with zero attached hydrogens (tertiary/aromatic N) is 1. The van der Waals surface area contributed by atoms with Crippen LogP contribution >= 0.6 is 23.6 Å². The molecular weight excluding hydrogens is 366 g/mol. The second-order valence-electron chi connectivity index (χ2n) is 6.14. The quantitative estimate of drug-likeness (QED) is 0.579. The number of esters is 1. The fraction of sp³-hybridized carbons (Fsp3) is 0.421. The van der Waals surface area contributed by atoms with Gasteiger partial charge >= 0.3 is 5.97 Å². The van der Waals surface area contributed by atoms with Crippen LogP contribution in [-0.2, 0) is 17.6 Å². The van der Waals surface area contributed by atoms with Crippen molar-refractivity contribution in [2.24, 2.45) is 0 Å². The van der Waals surface area contributed by atoms with Gasteiger partial charge in [-0.05, 0) is 62.5 Å². The van der Waals surface area contributed by atoms with Gasteiger partial charge in [-0.25, -0.2) is 9.78 Å². The second kappa shape index (κ2) is 9.09. The molecular formula is C19H23N3O2S2. The second-order valence-corrected chi connectivity index (χ2v) is 7.65. The maximum atomic E-state index is 12.6. The molecule has 2 N–H and O–H groups in total. The molecule has 26 heavy (non-hydrogen) atoms. The Morgan fingerprint density at radius 2 is 2.04 bits per heavy atom. The molecule has 0 radical (unpaired) electrons. The van der Waals surface area contributed by atoms with Crippen molar-refractivity contribution in [3.05, 3.63) is 40.4 Å². The summed E-state index contributed by atoms with van der Waals surface area (Å²) in [7, 11) is 0. The smallest absolute Gasteiger partial charge is 0.341 e. The molecule has 0 saturated carbocycles. The topological polar surface area (TPSA) is 63.2 Å². The lowest BCUT2D eigenvalue weighted by Crippen LogP contribution is -2.21. The van der Waals surface area contributed by atoms with Crippen molar-refractivity contribution in [2.45, 2.75) is 45.4 Å². The number of carbonyl (C=O) groups is 1. The molecule has 2 heterocycles. The summed E-state index contributed by atoms with van der Waals surface area (Å²) in [5, 5.41) is 7.44. The highest BCUT2D eigenvalue weighted by molar-refractivity contribution is 7.80. The minimum Gasteiger partial charge on any atom is -0.462 e. The number of hydrogen-bond donors (Lipinski definition) is 2. The van der Waals surface area contributed by atoms with E-state index >= 15 is 0 Å². The van der Waals surface area contributed by atoms with E-state index in [1.807, 2.05) is 25.1 Å². The summed E-state index contributed by atoms with van der Waals surface area (Å²) in [6.07, 6.45) is 8.34. The molecule has 0 spiro atoms. The Morgan fingerprint density at radius 3 is 2.77 bits per heavy atom. The van der Waals surface area contributed by atoms with E-state index in [0.717, 1.165) is 36.2 Å². The molecule has 0 unspecified atom stereocenters. The molecule has 5 nitrogen and oxygen atoms in total. The molecule has 1 aliphatic carbocycles. The SMILES string of the molecule is CCOC(=O)c1c(NC(=S)Nc2ccccn2)sc2c1CCCCCC2. The minimum atomic E-state index is -0.270. The van der Waals surface area contributed by atoms with Crippen LogP contribution in [0.1, 0.15) is 53.4 Å². The van der Waals surface area contributed by atoms with Gasteiger partial charge in [0.05, 0.1) is 12.2 Å². The first-order chi connectivity index (χ1) is 12.7. The molecule has 0 aromatic carbocycles. The third kappa shape index (κ3) is 4.59. The van der Waals surface area contributed by atoms with Crippen LogP contribution in [0.5, 0.6) is 0 Å². The fourth-order valence-corrected chi connectivity index (χ4v) is 4.67. The first-order valence-electron chi connectivity index (χ1n) is 8.99. The van der Waals surface area contributed by atoms with Crippen molar-refractivity contribution in [1.82, 2.24) is 4.98 Å². The minimum absolute atomic E-state index is 0.270. The van der Waals surface area contributed by atoms with Gasteiger partial charge in [0, 0.05) is 11.1 Å². The predicted molar refractivity (Wildman–Crippen MR) is 110 cm³/mol. The average molecular weight is 390 g/mol. The zero-order chi connectivity index (χ0) is 18.4. The number of thiophene rings is 1. The molecule has 2 aromatic rings. The summed E-state index contributed by atoms with van der Waals surface area (Å²) in [5.41, 5.74) is 1.79. The Balaban J connectivity index is 1.85. The Kier molecular flexibility index (Phi) is 6.57. The van der Waals surface area contributed by atoms with E-state index in [2.05, 4.69) is 15.6 Å². The highest BCUT2D eigenvalue weighted by Gasteiger charge is 2.25. The van der Waals surface area contributed by atoms with E-state index in [1.165, 1.54) is 17.7 Å². The summed E-state index contributed by atoms with van der Waals surface area (Å²) in [5.74, 6) is 0.395. The predicted octanol–water partition coefficient (Wildman–Crippen LogP) is 4.79. The van der Waals surface area contributed by atoms with Gasteiger partial charge in [-0.15, -0.1) is 11.3 Å². The largest absolute Gasteiger partial charge is 0.462 e. The molecule has 0 atom stereocenters. The lowest BCUT2D eigenvalue weighted by molar-refractivity contribution is 0.0526. The summed E-state index contributed by atoms with van der Waals surface area (Å²) < 4.78 is 5.32. The fourth-order valence-electron chi connectivity index (χ4n) is 3.11. The molecule has 0 fully saturated rings. The Bertz CT molecular complexity index is 775. The van der Waals surface area contributed by atoms with Crippen molar-refractivity contribution in [3.63, 3.8) is 0 Å². The lowest BCUT2D eigenvalue weighted by atomic mass is 9.96. The van der Waals surface area contributed by atoms with Crippen LogP contribution in [0, 0.1) is 0 Å². The molecule has 7 heteroatoms. The number of aryl methyl sites for hydroxylation is 1. The number of rotatable bonds is 4. The zero-order valence-electron chi connectivity index (χ0n) is 14.8. The third-order valence-electron chi connectivity index (χ3n) is 4.28. The molecule has 0 saturated heterocycles. The molecule has 2 aromatic heterocycles. The Hall–Kier alpha value is -1.99.